The fourth-order valence-corrected chi connectivity index (χ4v) is 3.84. The lowest BCUT2D eigenvalue weighted by molar-refractivity contribution is -0.119. The Labute approximate surface area is 194 Å². The molecule has 176 valence electrons. The molecule has 10 heteroatoms. The number of hydrogen-bond acceptors (Lipinski definition) is 5. The van der Waals surface area contributed by atoms with Crippen molar-refractivity contribution in [1.29, 1.82) is 0 Å². The van der Waals surface area contributed by atoms with Crippen LogP contribution in [0.4, 0.5) is 8.78 Å². The van der Waals surface area contributed by atoms with Crippen LogP contribution < -0.4 is 15.2 Å². The van der Waals surface area contributed by atoms with Crippen LogP contribution in [0.2, 0.25) is 5.02 Å². The van der Waals surface area contributed by atoms with Crippen molar-refractivity contribution < 1.29 is 28.2 Å². The normalized spacial score (nSPS) is 12.1. The van der Waals surface area contributed by atoms with Gasteiger partial charge in [-0.2, -0.15) is 13.9 Å². The number of halogens is 3. The molecule has 3 rings (SSSR count). The van der Waals surface area contributed by atoms with Gasteiger partial charge in [0.15, 0.2) is 0 Å². The van der Waals surface area contributed by atoms with Crippen LogP contribution in [0.1, 0.15) is 24.5 Å². The summed E-state index contributed by atoms with van der Waals surface area (Å²) in [4.78, 5) is 11.6. The van der Waals surface area contributed by atoms with Gasteiger partial charge in [0.1, 0.15) is 28.3 Å². The zero-order valence-corrected chi connectivity index (χ0v) is 18.9. The van der Waals surface area contributed by atoms with Crippen molar-refractivity contribution in [2.45, 2.75) is 38.9 Å². The first-order valence-corrected chi connectivity index (χ1v) is 10.6. The van der Waals surface area contributed by atoms with Crippen molar-refractivity contribution in [3.05, 3.63) is 58.6 Å². The summed E-state index contributed by atoms with van der Waals surface area (Å²) in [7, 11) is 1.44. The fourth-order valence-electron chi connectivity index (χ4n) is 3.54. The number of ether oxygens (including phenoxy) is 2. The lowest BCUT2D eigenvalue weighted by Gasteiger charge is -2.20. The molecule has 1 aromatic heterocycles. The summed E-state index contributed by atoms with van der Waals surface area (Å²) in [5.41, 5.74) is 7.35. The van der Waals surface area contributed by atoms with Gasteiger partial charge in [-0.25, -0.2) is 4.68 Å². The molecule has 2 aromatic carbocycles. The zero-order chi connectivity index (χ0) is 24.1. The van der Waals surface area contributed by atoms with Crippen LogP contribution in [0.5, 0.6) is 17.4 Å². The van der Waals surface area contributed by atoms with Crippen LogP contribution in [-0.4, -0.2) is 33.5 Å². The van der Waals surface area contributed by atoms with Crippen LogP contribution in [0, 0.1) is 0 Å². The molecular weight excluding hydrogens is 456 g/mol. The Hall–Kier alpha value is -3.33. The third kappa shape index (κ3) is 5.92. The number of primary amides is 1. The van der Waals surface area contributed by atoms with Gasteiger partial charge in [0.25, 0.3) is 0 Å². The van der Waals surface area contributed by atoms with Gasteiger partial charge in [-0.05, 0) is 41.8 Å². The monoisotopic (exact) mass is 479 g/mol. The minimum atomic E-state index is -3.06. The summed E-state index contributed by atoms with van der Waals surface area (Å²) >= 11 is 6.32. The molecule has 0 saturated carbocycles. The van der Waals surface area contributed by atoms with Gasteiger partial charge in [0, 0.05) is 19.0 Å². The molecule has 1 heterocycles. The highest BCUT2D eigenvalue weighted by atomic mass is 35.5. The van der Waals surface area contributed by atoms with Gasteiger partial charge in [0.2, 0.25) is 11.8 Å². The first kappa shape index (κ1) is 24.3. The van der Waals surface area contributed by atoms with Gasteiger partial charge >= 0.3 is 6.61 Å². The van der Waals surface area contributed by atoms with E-state index in [1.165, 1.54) is 7.05 Å². The molecule has 3 N–H and O–H groups in total. The predicted octanol–water partition coefficient (Wildman–Crippen LogP) is 4.48. The number of benzene rings is 2. The van der Waals surface area contributed by atoms with Crippen molar-refractivity contribution in [3.63, 3.8) is 0 Å². The Kier molecular flexibility index (Phi) is 7.75. The minimum Gasteiger partial charge on any atom is -0.508 e. The molecule has 1 amide bonds. The highest BCUT2D eigenvalue weighted by Gasteiger charge is 2.24. The van der Waals surface area contributed by atoms with Gasteiger partial charge in [0.05, 0.1) is 6.42 Å². The molecule has 1 unspecified atom stereocenters. The number of carbonyl (C=O) groups excluding carboxylic acids is 1. The highest BCUT2D eigenvalue weighted by Crippen LogP contribution is 2.39. The van der Waals surface area contributed by atoms with Gasteiger partial charge in [-0.15, -0.1) is 0 Å². The fraction of sp³-hybridized carbons (Fsp3) is 0.304. The van der Waals surface area contributed by atoms with E-state index in [1.807, 2.05) is 13.0 Å². The maximum absolute atomic E-state index is 12.8. The Morgan fingerprint density at radius 2 is 1.91 bits per heavy atom. The van der Waals surface area contributed by atoms with Crippen molar-refractivity contribution in [2.24, 2.45) is 12.8 Å². The van der Waals surface area contributed by atoms with Gasteiger partial charge in [-0.1, -0.05) is 36.7 Å². The number of amides is 1. The highest BCUT2D eigenvalue weighted by molar-refractivity contribution is 6.34. The van der Waals surface area contributed by atoms with E-state index in [0.717, 1.165) is 4.68 Å². The number of para-hydroxylation sites is 1. The number of alkyl halides is 2. The molecule has 0 fully saturated rings. The predicted molar refractivity (Wildman–Crippen MR) is 120 cm³/mol. The number of carbonyl (C=O) groups is 1. The molecule has 33 heavy (non-hydrogen) atoms. The van der Waals surface area contributed by atoms with Crippen molar-refractivity contribution in [3.8, 4) is 28.6 Å². The maximum atomic E-state index is 12.8. The van der Waals surface area contributed by atoms with E-state index in [0.29, 0.717) is 28.9 Å². The van der Waals surface area contributed by atoms with E-state index in [1.54, 1.807) is 36.4 Å². The summed E-state index contributed by atoms with van der Waals surface area (Å²) in [6.45, 7) is -1.18. The number of hydrogen-bond donors (Lipinski definition) is 2. The minimum absolute atomic E-state index is 0.00200. The topological polar surface area (TPSA) is 99.6 Å². The Morgan fingerprint density at radius 1 is 1.21 bits per heavy atom. The number of phenols is 1. The first-order chi connectivity index (χ1) is 15.7. The van der Waals surface area contributed by atoms with Crippen molar-refractivity contribution in [2.75, 3.05) is 0 Å². The van der Waals surface area contributed by atoms with Crippen molar-refractivity contribution in [1.82, 2.24) is 9.78 Å². The second-order valence-corrected chi connectivity index (χ2v) is 7.77. The smallest absolute Gasteiger partial charge is 0.388 e. The Balaban J connectivity index is 2.00. The summed E-state index contributed by atoms with van der Waals surface area (Å²) in [5.74, 6) is -0.271. The van der Waals surface area contributed by atoms with Crippen LogP contribution >= 0.6 is 11.6 Å². The molecule has 3 aromatic rings. The van der Waals surface area contributed by atoms with Crippen LogP contribution in [0.25, 0.3) is 11.3 Å². The standard InChI is InChI=1S/C23H24ClF2N3O4/c1-3-13-11-18(30)14(9-16(12-19(27)31)32-15-7-5-4-6-8-15)10-17(13)21-20(24)22(29(2)28-21)33-23(25)26/h4-8,10-11,16,23,30H,3,9,12H2,1-2H3,(H2,27,31). The largest absolute Gasteiger partial charge is 0.508 e. The number of rotatable bonds is 10. The van der Waals surface area contributed by atoms with E-state index >= 15 is 0 Å². The Bertz CT molecular complexity index is 1120. The number of aromatic nitrogens is 2. The first-order valence-electron chi connectivity index (χ1n) is 10.2. The van der Waals surface area contributed by atoms with E-state index in [9.17, 15) is 18.7 Å². The quantitative estimate of drug-likeness (QED) is 0.447. The summed E-state index contributed by atoms with van der Waals surface area (Å²) in [6, 6.07) is 12.1. The van der Waals surface area contributed by atoms with Gasteiger partial charge < -0.3 is 20.3 Å². The van der Waals surface area contributed by atoms with E-state index < -0.39 is 18.6 Å². The third-order valence-corrected chi connectivity index (χ3v) is 5.34. The third-order valence-electron chi connectivity index (χ3n) is 5.00. The zero-order valence-electron chi connectivity index (χ0n) is 18.1. The van der Waals surface area contributed by atoms with Gasteiger partial charge in [-0.3, -0.25) is 4.79 Å². The molecule has 0 spiro atoms. The number of phenolic OH excluding ortho intramolecular Hbond substituents is 1. The lowest BCUT2D eigenvalue weighted by Crippen LogP contribution is -2.27. The SMILES string of the molecule is CCc1cc(O)c(CC(CC(N)=O)Oc2ccccc2)cc1-c1nn(C)c(OC(F)F)c1Cl. The van der Waals surface area contributed by atoms with Crippen LogP contribution in [-0.2, 0) is 24.7 Å². The molecule has 0 aliphatic heterocycles. The van der Waals surface area contributed by atoms with Crippen LogP contribution in [0.15, 0.2) is 42.5 Å². The number of nitrogens with zero attached hydrogens (tertiary/aromatic N) is 2. The average Bonchev–Trinajstić information content (AvgIpc) is 3.02. The summed E-state index contributed by atoms with van der Waals surface area (Å²) < 4.78 is 37.1. The Morgan fingerprint density at radius 3 is 2.52 bits per heavy atom. The van der Waals surface area contributed by atoms with E-state index in [2.05, 4.69) is 9.84 Å². The second kappa shape index (κ2) is 10.5. The molecule has 0 aliphatic rings. The maximum Gasteiger partial charge on any atom is 0.388 e. The average molecular weight is 480 g/mol. The number of nitrogens with two attached hydrogens (primary N) is 1. The number of aryl methyl sites for hydroxylation is 2. The molecule has 0 bridgehead atoms. The number of aromatic hydroxyl groups is 1. The summed E-state index contributed by atoms with van der Waals surface area (Å²) in [6.07, 6.45) is -0.0404. The van der Waals surface area contributed by atoms with E-state index in [4.69, 9.17) is 22.1 Å². The second-order valence-electron chi connectivity index (χ2n) is 7.39. The molecular formula is C23H24ClF2N3O4. The molecule has 1 atom stereocenters. The van der Waals surface area contributed by atoms with Crippen LogP contribution in [0.3, 0.4) is 0 Å². The molecule has 0 aliphatic carbocycles. The van der Waals surface area contributed by atoms with Crippen molar-refractivity contribution >= 4 is 17.5 Å². The lowest BCUT2D eigenvalue weighted by atomic mass is 9.95. The summed E-state index contributed by atoms with van der Waals surface area (Å²) in [5, 5.41) is 14.8. The molecule has 7 nitrogen and oxygen atoms in total. The molecule has 0 saturated heterocycles. The molecule has 0 radical (unpaired) electrons. The van der Waals surface area contributed by atoms with E-state index in [-0.39, 0.29) is 35.2 Å².